The summed E-state index contributed by atoms with van der Waals surface area (Å²) in [6.45, 7) is 1.61. The number of nitrogens with zero attached hydrogens (tertiary/aromatic N) is 2. The second-order valence-corrected chi connectivity index (χ2v) is 3.65. The number of carbonyl (C=O) groups is 1. The molecule has 0 fully saturated rings. The molecular formula is C12H13N3O4. The van der Waals surface area contributed by atoms with Crippen LogP contribution in [0, 0.1) is 6.92 Å². The van der Waals surface area contributed by atoms with Crippen molar-refractivity contribution in [1.29, 1.82) is 0 Å². The average Bonchev–Trinajstić information content (AvgIpc) is 2.85. The molecule has 0 aliphatic heterocycles. The molecule has 100 valence electrons. The van der Waals surface area contributed by atoms with Gasteiger partial charge in [-0.2, -0.15) is 0 Å². The van der Waals surface area contributed by atoms with Gasteiger partial charge in [-0.1, -0.05) is 0 Å². The van der Waals surface area contributed by atoms with Gasteiger partial charge in [-0.3, -0.25) is 4.79 Å². The molecule has 2 aromatic rings. The number of aromatic nitrogens is 2. The number of carbonyl (C=O) groups excluding carboxylic acids is 1. The van der Waals surface area contributed by atoms with Gasteiger partial charge in [0.15, 0.2) is 0 Å². The van der Waals surface area contributed by atoms with Gasteiger partial charge in [0.2, 0.25) is 5.89 Å². The van der Waals surface area contributed by atoms with Crippen molar-refractivity contribution in [3.63, 3.8) is 0 Å². The van der Waals surface area contributed by atoms with E-state index in [1.165, 1.54) is 14.2 Å². The van der Waals surface area contributed by atoms with Crippen LogP contribution in [-0.2, 0) is 0 Å². The lowest BCUT2D eigenvalue weighted by molar-refractivity contribution is 0.0988. The first kappa shape index (κ1) is 12.9. The SMILES string of the molecule is COc1ccc(OC)c(NC(=O)c2nnc(C)o2)c1. The topological polar surface area (TPSA) is 86.5 Å². The van der Waals surface area contributed by atoms with Crippen molar-refractivity contribution in [3.05, 3.63) is 30.0 Å². The zero-order valence-corrected chi connectivity index (χ0v) is 10.8. The number of benzene rings is 1. The number of aryl methyl sites for hydroxylation is 1. The largest absolute Gasteiger partial charge is 0.497 e. The molecule has 1 aromatic heterocycles. The molecular weight excluding hydrogens is 250 g/mol. The minimum atomic E-state index is -0.507. The highest BCUT2D eigenvalue weighted by molar-refractivity contribution is 6.01. The normalized spacial score (nSPS) is 10.1. The average molecular weight is 263 g/mol. The lowest BCUT2D eigenvalue weighted by Crippen LogP contribution is -2.13. The summed E-state index contributed by atoms with van der Waals surface area (Å²) in [5.41, 5.74) is 0.461. The molecule has 0 atom stereocenters. The van der Waals surface area contributed by atoms with E-state index in [4.69, 9.17) is 13.9 Å². The zero-order valence-electron chi connectivity index (χ0n) is 10.8. The molecule has 1 heterocycles. The van der Waals surface area contributed by atoms with Crippen molar-refractivity contribution in [2.75, 3.05) is 19.5 Å². The summed E-state index contributed by atoms with van der Waals surface area (Å²) >= 11 is 0. The number of ether oxygens (including phenoxy) is 2. The van der Waals surface area contributed by atoms with Gasteiger partial charge in [0.1, 0.15) is 11.5 Å². The Morgan fingerprint density at radius 3 is 2.63 bits per heavy atom. The highest BCUT2D eigenvalue weighted by Gasteiger charge is 2.16. The number of anilines is 1. The van der Waals surface area contributed by atoms with Gasteiger partial charge in [-0.05, 0) is 12.1 Å². The smallest absolute Gasteiger partial charge is 0.313 e. The molecule has 2 rings (SSSR count). The first-order chi connectivity index (χ1) is 9.13. The number of methoxy groups -OCH3 is 2. The summed E-state index contributed by atoms with van der Waals surface area (Å²) in [7, 11) is 3.04. The van der Waals surface area contributed by atoms with E-state index < -0.39 is 5.91 Å². The van der Waals surface area contributed by atoms with Gasteiger partial charge >= 0.3 is 11.8 Å². The van der Waals surface area contributed by atoms with Crippen LogP contribution in [0.25, 0.3) is 0 Å². The maximum Gasteiger partial charge on any atom is 0.313 e. The van der Waals surface area contributed by atoms with Crippen molar-refractivity contribution in [2.24, 2.45) is 0 Å². The second-order valence-electron chi connectivity index (χ2n) is 3.65. The minimum Gasteiger partial charge on any atom is -0.497 e. The molecule has 7 heteroatoms. The Kier molecular flexibility index (Phi) is 3.65. The van der Waals surface area contributed by atoms with E-state index >= 15 is 0 Å². The van der Waals surface area contributed by atoms with Gasteiger partial charge < -0.3 is 19.2 Å². The third kappa shape index (κ3) is 2.82. The van der Waals surface area contributed by atoms with Crippen LogP contribution in [0.2, 0.25) is 0 Å². The van der Waals surface area contributed by atoms with Crippen LogP contribution in [0.5, 0.6) is 11.5 Å². The van der Waals surface area contributed by atoms with Crippen molar-refractivity contribution in [3.8, 4) is 11.5 Å². The Morgan fingerprint density at radius 1 is 1.26 bits per heavy atom. The van der Waals surface area contributed by atoms with Crippen LogP contribution in [0.15, 0.2) is 22.6 Å². The number of rotatable bonds is 4. The molecule has 0 radical (unpaired) electrons. The fourth-order valence-corrected chi connectivity index (χ4v) is 1.48. The van der Waals surface area contributed by atoms with Gasteiger partial charge in [0.25, 0.3) is 0 Å². The predicted molar refractivity (Wildman–Crippen MR) is 66.5 cm³/mol. The first-order valence-corrected chi connectivity index (χ1v) is 5.47. The maximum absolute atomic E-state index is 11.9. The predicted octanol–water partition coefficient (Wildman–Crippen LogP) is 1.65. The summed E-state index contributed by atoms with van der Waals surface area (Å²) in [5.74, 6) is 0.806. The lowest BCUT2D eigenvalue weighted by Gasteiger charge is -2.10. The van der Waals surface area contributed by atoms with Crippen molar-refractivity contribution >= 4 is 11.6 Å². The second kappa shape index (κ2) is 5.38. The number of hydrogen-bond donors (Lipinski definition) is 1. The molecule has 0 aliphatic carbocycles. The Morgan fingerprint density at radius 2 is 2.05 bits per heavy atom. The minimum absolute atomic E-state index is 0.109. The summed E-state index contributed by atoms with van der Waals surface area (Å²) < 4.78 is 15.3. The monoisotopic (exact) mass is 263 g/mol. The molecule has 0 saturated carbocycles. The highest BCUT2D eigenvalue weighted by Crippen LogP contribution is 2.29. The van der Waals surface area contributed by atoms with Crippen LogP contribution < -0.4 is 14.8 Å². The maximum atomic E-state index is 11.9. The third-order valence-corrected chi connectivity index (χ3v) is 2.38. The fourth-order valence-electron chi connectivity index (χ4n) is 1.48. The lowest BCUT2D eigenvalue weighted by atomic mass is 10.2. The van der Waals surface area contributed by atoms with Crippen molar-refractivity contribution in [2.45, 2.75) is 6.92 Å². The van der Waals surface area contributed by atoms with Crippen LogP contribution in [0.1, 0.15) is 16.6 Å². The zero-order chi connectivity index (χ0) is 13.8. The van der Waals surface area contributed by atoms with Crippen LogP contribution in [-0.4, -0.2) is 30.3 Å². The molecule has 0 saturated heterocycles. The standard InChI is InChI=1S/C12H13N3O4/c1-7-14-15-12(19-7)11(16)13-9-6-8(17-2)4-5-10(9)18-3/h4-6H,1-3H3,(H,13,16). The Hall–Kier alpha value is -2.57. The summed E-state index contributed by atoms with van der Waals surface area (Å²) in [6.07, 6.45) is 0. The molecule has 7 nitrogen and oxygen atoms in total. The van der Waals surface area contributed by atoms with Crippen LogP contribution in [0.4, 0.5) is 5.69 Å². The van der Waals surface area contributed by atoms with E-state index in [1.54, 1.807) is 25.1 Å². The number of hydrogen-bond acceptors (Lipinski definition) is 6. The highest BCUT2D eigenvalue weighted by atomic mass is 16.5. The van der Waals surface area contributed by atoms with Crippen molar-refractivity contribution < 1.29 is 18.7 Å². The van der Waals surface area contributed by atoms with Crippen molar-refractivity contribution in [1.82, 2.24) is 10.2 Å². The quantitative estimate of drug-likeness (QED) is 0.902. The summed E-state index contributed by atoms with van der Waals surface area (Å²) in [6, 6.07) is 5.05. The Bertz CT molecular complexity index is 594. The molecule has 1 aromatic carbocycles. The fraction of sp³-hybridized carbons (Fsp3) is 0.250. The summed E-state index contributed by atoms with van der Waals surface area (Å²) in [5, 5.41) is 9.86. The Balaban J connectivity index is 2.24. The van der Waals surface area contributed by atoms with Gasteiger partial charge in [0.05, 0.1) is 19.9 Å². The first-order valence-electron chi connectivity index (χ1n) is 5.47. The van der Waals surface area contributed by atoms with E-state index in [2.05, 4.69) is 15.5 Å². The third-order valence-electron chi connectivity index (χ3n) is 2.38. The van der Waals surface area contributed by atoms with E-state index in [-0.39, 0.29) is 5.89 Å². The van der Waals surface area contributed by atoms with E-state index in [1.807, 2.05) is 0 Å². The number of amides is 1. The number of nitrogens with one attached hydrogen (secondary N) is 1. The molecule has 0 bridgehead atoms. The molecule has 1 amide bonds. The molecule has 19 heavy (non-hydrogen) atoms. The molecule has 0 aliphatic rings. The summed E-state index contributed by atoms with van der Waals surface area (Å²) in [4.78, 5) is 11.9. The molecule has 0 spiro atoms. The van der Waals surface area contributed by atoms with E-state index in [0.717, 1.165) is 0 Å². The van der Waals surface area contributed by atoms with E-state index in [0.29, 0.717) is 23.1 Å². The Labute approximate surface area is 109 Å². The molecule has 1 N–H and O–H groups in total. The van der Waals surface area contributed by atoms with Gasteiger partial charge in [0, 0.05) is 13.0 Å². The molecule has 0 unspecified atom stereocenters. The van der Waals surface area contributed by atoms with Gasteiger partial charge in [-0.25, -0.2) is 0 Å². The van der Waals surface area contributed by atoms with Crippen LogP contribution in [0.3, 0.4) is 0 Å². The van der Waals surface area contributed by atoms with E-state index in [9.17, 15) is 4.79 Å². The van der Waals surface area contributed by atoms with Crippen LogP contribution >= 0.6 is 0 Å². The van der Waals surface area contributed by atoms with Gasteiger partial charge in [-0.15, -0.1) is 10.2 Å².